The lowest BCUT2D eigenvalue weighted by Crippen LogP contribution is -2.01. The van der Waals surface area contributed by atoms with Gasteiger partial charge in [-0.1, -0.05) is 23.7 Å². The van der Waals surface area contributed by atoms with Gasteiger partial charge in [0.2, 0.25) is 0 Å². The van der Waals surface area contributed by atoms with Gasteiger partial charge in [-0.15, -0.1) is 0 Å². The third-order valence-electron chi connectivity index (χ3n) is 2.29. The molecule has 0 aliphatic carbocycles. The second kappa shape index (κ2) is 4.69. The van der Waals surface area contributed by atoms with Crippen molar-refractivity contribution in [3.05, 3.63) is 52.6 Å². The highest BCUT2D eigenvalue weighted by Gasteiger charge is 2.09. The molecule has 0 saturated carbocycles. The molecule has 0 radical (unpaired) electrons. The van der Waals surface area contributed by atoms with Crippen molar-refractivity contribution in [3.8, 4) is 12.1 Å². The molecule has 17 heavy (non-hydrogen) atoms. The van der Waals surface area contributed by atoms with Crippen LogP contribution in [0.25, 0.3) is 0 Å². The molecule has 0 spiro atoms. The predicted octanol–water partition coefficient (Wildman–Crippen LogP) is 2.33. The zero-order valence-electron chi connectivity index (χ0n) is 8.76. The first-order chi connectivity index (χ1) is 8.24. The summed E-state index contributed by atoms with van der Waals surface area (Å²) in [5, 5.41) is 18.4. The van der Waals surface area contributed by atoms with E-state index in [4.69, 9.17) is 22.1 Å². The fourth-order valence-electron chi connectivity index (χ4n) is 1.53. The first-order valence-corrected chi connectivity index (χ1v) is 5.22. The molecule has 5 heteroatoms. The lowest BCUT2D eigenvalue weighted by molar-refractivity contribution is 0.785. The molecule has 1 heterocycles. The highest BCUT2D eigenvalue weighted by atomic mass is 35.5. The zero-order chi connectivity index (χ0) is 12.3. The Morgan fingerprint density at radius 3 is 2.76 bits per heavy atom. The van der Waals surface area contributed by atoms with Gasteiger partial charge in [0.1, 0.15) is 12.1 Å². The number of imidazole rings is 1. The molecular formula is C12H7ClN4. The summed E-state index contributed by atoms with van der Waals surface area (Å²) in [6, 6.07) is 11.2. The number of hydrogen-bond donors (Lipinski definition) is 0. The Balaban J connectivity index is 2.35. The molecule has 0 aliphatic heterocycles. The molecule has 0 aliphatic rings. The van der Waals surface area contributed by atoms with Crippen LogP contribution in [-0.2, 0) is 6.54 Å². The van der Waals surface area contributed by atoms with Crippen molar-refractivity contribution in [1.29, 1.82) is 10.5 Å². The third-order valence-corrected chi connectivity index (χ3v) is 2.53. The van der Waals surface area contributed by atoms with Gasteiger partial charge in [0.25, 0.3) is 0 Å². The Morgan fingerprint density at radius 2 is 2.12 bits per heavy atom. The molecule has 82 valence electrons. The third kappa shape index (κ3) is 2.28. The van der Waals surface area contributed by atoms with E-state index in [0.29, 0.717) is 11.6 Å². The van der Waals surface area contributed by atoms with Crippen LogP contribution in [0, 0.1) is 22.7 Å². The minimum absolute atomic E-state index is 0.148. The van der Waals surface area contributed by atoms with E-state index >= 15 is 0 Å². The van der Waals surface area contributed by atoms with Crippen LogP contribution in [0.5, 0.6) is 0 Å². The summed E-state index contributed by atoms with van der Waals surface area (Å²) in [7, 11) is 0. The average Bonchev–Trinajstić information content (AvgIpc) is 2.71. The van der Waals surface area contributed by atoms with Crippen molar-refractivity contribution in [2.75, 3.05) is 0 Å². The molecule has 0 atom stereocenters. The summed E-state index contributed by atoms with van der Waals surface area (Å²) in [5.74, 6) is 0. The van der Waals surface area contributed by atoms with E-state index in [9.17, 15) is 0 Å². The van der Waals surface area contributed by atoms with Crippen molar-refractivity contribution in [1.82, 2.24) is 9.55 Å². The standard InChI is InChI=1S/C12H7ClN4/c13-10-3-1-2-9(4-10)7-17-8-16-11(5-14)12(17)6-15/h1-4,8H,7H2. The fraction of sp³-hybridized carbons (Fsp3) is 0.0833. The van der Waals surface area contributed by atoms with Crippen LogP contribution in [0.1, 0.15) is 17.0 Å². The quantitative estimate of drug-likeness (QED) is 0.812. The summed E-state index contributed by atoms with van der Waals surface area (Å²) in [5.41, 5.74) is 1.37. The Kier molecular flexibility index (Phi) is 3.09. The minimum atomic E-state index is 0.148. The topological polar surface area (TPSA) is 65.4 Å². The highest BCUT2D eigenvalue weighted by molar-refractivity contribution is 6.30. The molecule has 0 saturated heterocycles. The summed E-state index contributed by atoms with van der Waals surface area (Å²) < 4.78 is 1.63. The van der Waals surface area contributed by atoms with Crippen molar-refractivity contribution in [2.45, 2.75) is 6.54 Å². The lowest BCUT2D eigenvalue weighted by atomic mass is 10.2. The van der Waals surface area contributed by atoms with Crippen LogP contribution in [-0.4, -0.2) is 9.55 Å². The molecule has 0 unspecified atom stereocenters. The minimum Gasteiger partial charge on any atom is -0.317 e. The highest BCUT2D eigenvalue weighted by Crippen LogP contribution is 2.13. The van der Waals surface area contributed by atoms with E-state index in [2.05, 4.69) is 4.98 Å². The van der Waals surface area contributed by atoms with E-state index in [1.807, 2.05) is 30.3 Å². The van der Waals surface area contributed by atoms with Gasteiger partial charge in [0.05, 0.1) is 6.33 Å². The molecule has 0 N–H and O–H groups in total. The first kappa shape index (κ1) is 11.2. The van der Waals surface area contributed by atoms with Crippen LogP contribution in [0.2, 0.25) is 5.02 Å². The average molecular weight is 243 g/mol. The molecule has 0 amide bonds. The van der Waals surface area contributed by atoms with Gasteiger partial charge in [-0.25, -0.2) is 4.98 Å². The summed E-state index contributed by atoms with van der Waals surface area (Å²) in [6.07, 6.45) is 1.48. The summed E-state index contributed by atoms with van der Waals surface area (Å²) >= 11 is 5.87. The maximum Gasteiger partial charge on any atom is 0.176 e. The SMILES string of the molecule is N#Cc1ncn(Cc2cccc(Cl)c2)c1C#N. The summed E-state index contributed by atoms with van der Waals surface area (Å²) in [4.78, 5) is 3.87. The van der Waals surface area contributed by atoms with E-state index in [-0.39, 0.29) is 11.4 Å². The Hall–Kier alpha value is -2.30. The number of benzene rings is 1. The van der Waals surface area contributed by atoms with Crippen LogP contribution in [0.3, 0.4) is 0 Å². The molecule has 2 aromatic rings. The number of aromatic nitrogens is 2. The van der Waals surface area contributed by atoms with Crippen LogP contribution in [0.15, 0.2) is 30.6 Å². The van der Waals surface area contributed by atoms with Crippen LogP contribution < -0.4 is 0 Å². The second-order valence-corrected chi connectivity index (χ2v) is 3.86. The normalized spacial score (nSPS) is 9.59. The lowest BCUT2D eigenvalue weighted by Gasteiger charge is -2.04. The van der Waals surface area contributed by atoms with Gasteiger partial charge in [0.15, 0.2) is 11.4 Å². The Labute approximate surface area is 103 Å². The molecule has 2 rings (SSSR count). The number of rotatable bonds is 2. The number of hydrogen-bond acceptors (Lipinski definition) is 3. The van der Waals surface area contributed by atoms with Crippen molar-refractivity contribution in [2.24, 2.45) is 0 Å². The van der Waals surface area contributed by atoms with Gasteiger partial charge < -0.3 is 4.57 Å². The van der Waals surface area contributed by atoms with Gasteiger partial charge in [-0.05, 0) is 17.7 Å². The summed E-state index contributed by atoms with van der Waals surface area (Å²) in [6.45, 7) is 0.470. The second-order valence-electron chi connectivity index (χ2n) is 3.42. The first-order valence-electron chi connectivity index (χ1n) is 4.84. The van der Waals surface area contributed by atoms with E-state index < -0.39 is 0 Å². The molecule has 1 aromatic carbocycles. The van der Waals surface area contributed by atoms with Crippen LogP contribution >= 0.6 is 11.6 Å². The fourth-order valence-corrected chi connectivity index (χ4v) is 1.75. The van der Waals surface area contributed by atoms with E-state index in [1.165, 1.54) is 6.33 Å². The van der Waals surface area contributed by atoms with Crippen molar-refractivity contribution in [3.63, 3.8) is 0 Å². The van der Waals surface area contributed by atoms with Gasteiger partial charge in [-0.3, -0.25) is 0 Å². The molecule has 0 bridgehead atoms. The smallest absolute Gasteiger partial charge is 0.176 e. The monoisotopic (exact) mass is 242 g/mol. The van der Waals surface area contributed by atoms with E-state index in [0.717, 1.165) is 5.56 Å². The molecule has 4 nitrogen and oxygen atoms in total. The zero-order valence-corrected chi connectivity index (χ0v) is 9.52. The Morgan fingerprint density at radius 1 is 1.29 bits per heavy atom. The number of nitrogens with zero attached hydrogens (tertiary/aromatic N) is 4. The molecular weight excluding hydrogens is 236 g/mol. The van der Waals surface area contributed by atoms with E-state index in [1.54, 1.807) is 10.6 Å². The molecule has 0 fully saturated rings. The van der Waals surface area contributed by atoms with Crippen molar-refractivity contribution >= 4 is 11.6 Å². The van der Waals surface area contributed by atoms with Gasteiger partial charge >= 0.3 is 0 Å². The number of nitriles is 2. The molecule has 1 aromatic heterocycles. The Bertz CT molecular complexity index is 631. The maximum atomic E-state index is 8.96. The predicted molar refractivity (Wildman–Crippen MR) is 62.2 cm³/mol. The largest absolute Gasteiger partial charge is 0.317 e. The van der Waals surface area contributed by atoms with Gasteiger partial charge in [0, 0.05) is 11.6 Å². The maximum absolute atomic E-state index is 8.96. The van der Waals surface area contributed by atoms with Crippen LogP contribution in [0.4, 0.5) is 0 Å². The number of halogens is 1. The van der Waals surface area contributed by atoms with Gasteiger partial charge in [-0.2, -0.15) is 10.5 Å². The van der Waals surface area contributed by atoms with Crippen molar-refractivity contribution < 1.29 is 0 Å².